The van der Waals surface area contributed by atoms with Gasteiger partial charge >= 0.3 is 12.1 Å². The van der Waals surface area contributed by atoms with Gasteiger partial charge in [-0.15, -0.1) is 0 Å². The molecule has 2 aromatic carbocycles. The second kappa shape index (κ2) is 10.6. The van der Waals surface area contributed by atoms with E-state index in [9.17, 15) is 23.1 Å². The number of anilines is 1. The molecule has 3 rings (SSSR count). The van der Waals surface area contributed by atoms with Crippen LogP contribution in [0.2, 0.25) is 0 Å². The lowest BCUT2D eigenvalue weighted by molar-refractivity contribution is -0.139. The minimum Gasteiger partial charge on any atom is -0.481 e. The molecule has 0 saturated heterocycles. The number of halogens is 4. The number of carboxylic acid groups (broad SMARTS) is 1. The fraction of sp³-hybridized carbons (Fsp3) is 0.269. The first-order chi connectivity index (χ1) is 16.8. The van der Waals surface area contributed by atoms with Gasteiger partial charge in [-0.2, -0.15) is 13.2 Å². The lowest BCUT2D eigenvalue weighted by Crippen LogP contribution is -2.12. The van der Waals surface area contributed by atoms with E-state index in [0.717, 1.165) is 23.4 Å². The highest BCUT2D eigenvalue weighted by Gasteiger charge is 2.45. The summed E-state index contributed by atoms with van der Waals surface area (Å²) in [6, 6.07) is 7.12. The molecule has 6 nitrogen and oxygen atoms in total. The molecule has 0 spiro atoms. The molecule has 36 heavy (non-hydrogen) atoms. The zero-order chi connectivity index (χ0) is 26.8. The monoisotopic (exact) mass is 519 g/mol. The van der Waals surface area contributed by atoms with Crippen molar-refractivity contribution in [1.82, 2.24) is 0 Å². The van der Waals surface area contributed by atoms with E-state index >= 15 is 0 Å². The summed E-state index contributed by atoms with van der Waals surface area (Å²) in [7, 11) is 0. The number of carboxylic acids is 1. The van der Waals surface area contributed by atoms with Crippen LogP contribution in [-0.4, -0.2) is 22.5 Å². The third-order valence-electron chi connectivity index (χ3n) is 5.70. The maximum atomic E-state index is 13.7. The molecule has 1 aliphatic rings. The molecular weight excluding hydrogens is 495 g/mol. The Kier molecular flexibility index (Phi) is 7.93. The molecule has 1 aliphatic carbocycles. The molecule has 3 N–H and O–H groups in total. The number of hydrogen-bond donors (Lipinski definition) is 3. The topological polar surface area (TPSA) is 94.8 Å². The zero-order valence-electron chi connectivity index (χ0n) is 19.8. The molecule has 1 saturated carbocycles. The Labute approximate surface area is 211 Å². The summed E-state index contributed by atoms with van der Waals surface area (Å²) < 4.78 is 46.9. The van der Waals surface area contributed by atoms with Crippen molar-refractivity contribution < 1.29 is 27.8 Å². The number of aryl methyl sites for hydroxylation is 2. The van der Waals surface area contributed by atoms with Gasteiger partial charge in [0.15, 0.2) is 0 Å². The standard InChI is InChI=1S/C26H25ClF3N3O3/c1-13-7-18(36-15(3)11-32-12-23(27)31)8-14(2)24(13)16(4)33-22-9-17(19-10-20(19)25(34)35)5-6-21(22)26(28,29)30/h5-9,11-12,19-20,31,33H,4,10H2,1-3H3,(H,34,35)/b15-11+,31-23?,32-12?/t19-,20-/m1/s1. The van der Waals surface area contributed by atoms with Crippen molar-refractivity contribution in [3.8, 4) is 5.75 Å². The van der Waals surface area contributed by atoms with Crippen molar-refractivity contribution in [2.24, 2.45) is 10.9 Å². The summed E-state index contributed by atoms with van der Waals surface area (Å²) in [6.07, 6.45) is -1.66. The minimum absolute atomic E-state index is 0.179. The SMILES string of the molecule is C=C(Nc1cc([C@H]2C[C@H]2C(=O)O)ccc1C(F)(F)F)c1c(C)cc(O/C(C)=C/N=CC(=N)Cl)cc1C. The third kappa shape index (κ3) is 6.54. The van der Waals surface area contributed by atoms with E-state index in [0.29, 0.717) is 29.1 Å². The zero-order valence-corrected chi connectivity index (χ0v) is 20.6. The van der Waals surface area contributed by atoms with Gasteiger partial charge in [0.2, 0.25) is 0 Å². The van der Waals surface area contributed by atoms with Crippen molar-refractivity contribution >= 4 is 40.3 Å². The highest BCUT2D eigenvalue weighted by Crippen LogP contribution is 2.49. The van der Waals surface area contributed by atoms with Gasteiger partial charge in [0, 0.05) is 11.3 Å². The smallest absolute Gasteiger partial charge is 0.418 e. The van der Waals surface area contributed by atoms with Gasteiger partial charge in [-0.3, -0.25) is 15.2 Å². The van der Waals surface area contributed by atoms with Crippen molar-refractivity contribution in [2.45, 2.75) is 39.3 Å². The largest absolute Gasteiger partial charge is 0.481 e. The van der Waals surface area contributed by atoms with E-state index < -0.39 is 23.6 Å². The molecular formula is C26H25ClF3N3O3. The molecule has 2 aromatic rings. The van der Waals surface area contributed by atoms with Gasteiger partial charge in [0.1, 0.15) is 16.7 Å². The Balaban J connectivity index is 1.87. The van der Waals surface area contributed by atoms with Crippen molar-refractivity contribution in [2.75, 3.05) is 5.32 Å². The number of nitrogens with one attached hydrogen (secondary N) is 2. The van der Waals surface area contributed by atoms with Crippen LogP contribution in [0, 0.1) is 25.2 Å². The van der Waals surface area contributed by atoms with Crippen LogP contribution < -0.4 is 10.1 Å². The number of alkyl halides is 3. The third-order valence-corrected chi connectivity index (χ3v) is 5.80. The van der Waals surface area contributed by atoms with Crippen LogP contribution >= 0.6 is 11.6 Å². The normalized spacial score (nSPS) is 17.7. The minimum atomic E-state index is -4.60. The van der Waals surface area contributed by atoms with Gasteiger partial charge in [-0.1, -0.05) is 24.2 Å². The van der Waals surface area contributed by atoms with E-state index in [1.165, 1.54) is 18.3 Å². The van der Waals surface area contributed by atoms with Crippen LogP contribution in [0.1, 0.15) is 47.1 Å². The molecule has 0 amide bonds. The maximum absolute atomic E-state index is 13.7. The number of benzene rings is 2. The predicted octanol–water partition coefficient (Wildman–Crippen LogP) is 7.12. The average molecular weight is 520 g/mol. The van der Waals surface area contributed by atoms with Crippen molar-refractivity contribution in [3.63, 3.8) is 0 Å². The highest BCUT2D eigenvalue weighted by atomic mass is 35.5. The molecule has 10 heteroatoms. The molecule has 2 atom stereocenters. The molecule has 0 bridgehead atoms. The van der Waals surface area contributed by atoms with E-state index in [1.807, 2.05) is 0 Å². The van der Waals surface area contributed by atoms with Crippen LogP contribution in [-0.2, 0) is 11.0 Å². The maximum Gasteiger partial charge on any atom is 0.418 e. The fourth-order valence-electron chi connectivity index (χ4n) is 4.08. The summed E-state index contributed by atoms with van der Waals surface area (Å²) in [5, 5.41) is 18.9. The number of aliphatic imine (C=N–C) groups is 1. The number of carbonyl (C=O) groups is 1. The molecule has 0 unspecified atom stereocenters. The second-order valence-corrected chi connectivity index (χ2v) is 9.00. The number of rotatable bonds is 9. The van der Waals surface area contributed by atoms with Gasteiger partial charge in [-0.05, 0) is 74.1 Å². The number of ether oxygens (including phenoxy) is 1. The lowest BCUT2D eigenvalue weighted by Gasteiger charge is -2.20. The first kappa shape index (κ1) is 27.0. The lowest BCUT2D eigenvalue weighted by atomic mass is 9.98. The molecule has 190 valence electrons. The summed E-state index contributed by atoms with van der Waals surface area (Å²) in [6.45, 7) is 9.22. The van der Waals surface area contributed by atoms with Crippen molar-refractivity contribution in [3.05, 3.63) is 76.7 Å². The number of nitrogens with zero attached hydrogens (tertiary/aromatic N) is 1. The second-order valence-electron chi connectivity index (χ2n) is 8.59. The van der Waals surface area contributed by atoms with Gasteiger partial charge in [0.05, 0.1) is 29.6 Å². The number of allylic oxidation sites excluding steroid dienone is 1. The summed E-state index contributed by atoms with van der Waals surface area (Å²) in [5.41, 5.74) is 1.84. The van der Waals surface area contributed by atoms with E-state index in [4.69, 9.17) is 21.7 Å². The van der Waals surface area contributed by atoms with Gasteiger partial charge < -0.3 is 15.2 Å². The Morgan fingerprint density at radius 3 is 2.44 bits per heavy atom. The van der Waals surface area contributed by atoms with Crippen LogP contribution in [0.25, 0.3) is 5.70 Å². The number of hydrogen-bond acceptors (Lipinski definition) is 5. The van der Waals surface area contributed by atoms with Crippen molar-refractivity contribution in [1.29, 1.82) is 5.41 Å². The molecule has 0 radical (unpaired) electrons. The van der Waals surface area contributed by atoms with Crippen LogP contribution in [0.4, 0.5) is 18.9 Å². The Bertz CT molecular complexity index is 1260. The van der Waals surface area contributed by atoms with Crippen LogP contribution in [0.15, 0.2) is 53.9 Å². The Morgan fingerprint density at radius 1 is 1.28 bits per heavy atom. The van der Waals surface area contributed by atoms with E-state index in [2.05, 4.69) is 16.9 Å². The van der Waals surface area contributed by atoms with Crippen LogP contribution in [0.5, 0.6) is 5.75 Å². The summed E-state index contributed by atoms with van der Waals surface area (Å²) in [4.78, 5) is 15.1. The molecule has 0 aliphatic heterocycles. The Hall–Kier alpha value is -3.59. The number of aliphatic carboxylic acids is 1. The van der Waals surface area contributed by atoms with E-state index in [1.54, 1.807) is 32.9 Å². The summed E-state index contributed by atoms with van der Waals surface area (Å²) in [5.74, 6) is -0.908. The van der Waals surface area contributed by atoms with E-state index in [-0.39, 0.29) is 22.5 Å². The summed E-state index contributed by atoms with van der Waals surface area (Å²) >= 11 is 5.41. The predicted molar refractivity (Wildman–Crippen MR) is 135 cm³/mol. The van der Waals surface area contributed by atoms with Gasteiger partial charge in [0.25, 0.3) is 0 Å². The average Bonchev–Trinajstić information content (AvgIpc) is 3.53. The highest BCUT2D eigenvalue weighted by molar-refractivity contribution is 6.79. The van der Waals surface area contributed by atoms with Crippen LogP contribution in [0.3, 0.4) is 0 Å². The Morgan fingerprint density at radius 2 is 1.92 bits per heavy atom. The molecule has 0 aromatic heterocycles. The molecule has 1 fully saturated rings. The first-order valence-electron chi connectivity index (χ1n) is 10.9. The fourth-order valence-corrected chi connectivity index (χ4v) is 4.14. The quantitative estimate of drug-likeness (QED) is 0.243. The first-order valence-corrected chi connectivity index (χ1v) is 11.3. The molecule has 0 heterocycles. The van der Waals surface area contributed by atoms with Gasteiger partial charge in [-0.25, -0.2) is 0 Å².